The zero-order chi connectivity index (χ0) is 20.9. The van der Waals surface area contributed by atoms with Crippen LogP contribution in [0, 0.1) is 5.41 Å². The summed E-state index contributed by atoms with van der Waals surface area (Å²) in [5.41, 5.74) is -0.474. The van der Waals surface area contributed by atoms with Crippen LogP contribution in [0.15, 0.2) is 53.4 Å². The molecule has 0 heterocycles. The van der Waals surface area contributed by atoms with Crippen LogP contribution in [-0.2, 0) is 16.2 Å². The molecule has 0 bridgehead atoms. The molecular formula is C19H19F3N2O3S. The Morgan fingerprint density at radius 2 is 1.71 bits per heavy atom. The van der Waals surface area contributed by atoms with Crippen molar-refractivity contribution in [3.8, 4) is 0 Å². The maximum Gasteiger partial charge on any atom is 0.416 e. The van der Waals surface area contributed by atoms with Gasteiger partial charge in [0.2, 0.25) is 10.0 Å². The molecule has 2 atom stereocenters. The van der Waals surface area contributed by atoms with E-state index >= 15 is 0 Å². The standard InChI is InChI=1S/C19H19F3N2O3S/c1-18(2)15(11-6-8-14(9-7-11)28(23,26)27)16(18)24-17(25)12-4-3-5-13(10-12)19(20,21)22/h3-10,15-16H,1-2H3,(H,24,25)(H2,23,26,27). The number of halogens is 3. The molecule has 150 valence electrons. The average Bonchev–Trinajstić information content (AvgIpc) is 3.13. The third kappa shape index (κ3) is 3.90. The summed E-state index contributed by atoms with van der Waals surface area (Å²) in [5.74, 6) is -0.690. The summed E-state index contributed by atoms with van der Waals surface area (Å²) in [6.07, 6.45) is -4.53. The highest BCUT2D eigenvalue weighted by atomic mass is 32.2. The summed E-state index contributed by atoms with van der Waals surface area (Å²) in [6.45, 7) is 3.84. The third-order valence-corrected chi connectivity index (χ3v) is 6.06. The lowest BCUT2D eigenvalue weighted by atomic mass is 10.0. The zero-order valence-corrected chi connectivity index (χ0v) is 15.9. The third-order valence-electron chi connectivity index (χ3n) is 5.13. The van der Waals surface area contributed by atoms with E-state index in [0.29, 0.717) is 0 Å². The number of primary sulfonamides is 1. The van der Waals surface area contributed by atoms with Crippen molar-refractivity contribution in [1.82, 2.24) is 5.32 Å². The van der Waals surface area contributed by atoms with Gasteiger partial charge >= 0.3 is 6.18 Å². The van der Waals surface area contributed by atoms with E-state index in [1.165, 1.54) is 24.3 Å². The SMILES string of the molecule is CC1(C)C(NC(=O)c2cccc(C(F)(F)F)c2)C1c1ccc(S(N)(=O)=O)cc1. The van der Waals surface area contributed by atoms with Crippen LogP contribution >= 0.6 is 0 Å². The number of alkyl halides is 3. The molecule has 2 aromatic carbocycles. The lowest BCUT2D eigenvalue weighted by Gasteiger charge is -2.10. The minimum atomic E-state index is -4.53. The summed E-state index contributed by atoms with van der Waals surface area (Å²) in [4.78, 5) is 12.4. The number of benzene rings is 2. The van der Waals surface area contributed by atoms with Crippen molar-refractivity contribution in [1.29, 1.82) is 0 Å². The first-order chi connectivity index (χ1) is 12.8. The van der Waals surface area contributed by atoms with Crippen molar-refractivity contribution in [2.45, 2.75) is 36.9 Å². The number of carbonyl (C=O) groups excluding carboxylic acids is 1. The second kappa shape index (κ2) is 6.59. The van der Waals surface area contributed by atoms with Crippen molar-refractivity contribution in [2.75, 3.05) is 0 Å². The Hall–Kier alpha value is -2.39. The molecule has 2 aromatic rings. The second-order valence-corrected chi connectivity index (χ2v) is 9.00. The smallest absolute Gasteiger partial charge is 0.348 e. The lowest BCUT2D eigenvalue weighted by molar-refractivity contribution is -0.137. The zero-order valence-electron chi connectivity index (χ0n) is 15.1. The number of hydrogen-bond acceptors (Lipinski definition) is 3. The van der Waals surface area contributed by atoms with Gasteiger partial charge < -0.3 is 5.32 Å². The highest BCUT2D eigenvalue weighted by Crippen LogP contribution is 2.58. The fraction of sp³-hybridized carbons (Fsp3) is 0.316. The molecule has 5 nitrogen and oxygen atoms in total. The van der Waals surface area contributed by atoms with Gasteiger partial charge in [-0.1, -0.05) is 32.0 Å². The predicted molar refractivity (Wildman–Crippen MR) is 97.0 cm³/mol. The van der Waals surface area contributed by atoms with Crippen LogP contribution in [0.5, 0.6) is 0 Å². The van der Waals surface area contributed by atoms with E-state index in [1.807, 2.05) is 13.8 Å². The Balaban J connectivity index is 1.77. The summed E-state index contributed by atoms with van der Waals surface area (Å²) >= 11 is 0. The van der Waals surface area contributed by atoms with Gasteiger partial charge in [0.05, 0.1) is 10.5 Å². The van der Waals surface area contributed by atoms with Crippen molar-refractivity contribution in [2.24, 2.45) is 10.6 Å². The van der Waals surface area contributed by atoms with Crippen LogP contribution in [0.25, 0.3) is 0 Å². The molecule has 28 heavy (non-hydrogen) atoms. The molecule has 3 rings (SSSR count). The molecule has 1 fully saturated rings. The molecule has 1 saturated carbocycles. The summed E-state index contributed by atoms with van der Waals surface area (Å²) < 4.78 is 61.3. The van der Waals surface area contributed by atoms with Crippen molar-refractivity contribution < 1.29 is 26.4 Å². The largest absolute Gasteiger partial charge is 0.416 e. The van der Waals surface area contributed by atoms with Gasteiger partial charge in [-0.25, -0.2) is 13.6 Å². The van der Waals surface area contributed by atoms with E-state index in [-0.39, 0.29) is 27.8 Å². The van der Waals surface area contributed by atoms with Gasteiger partial charge in [0.25, 0.3) is 5.91 Å². The van der Waals surface area contributed by atoms with Gasteiger partial charge in [-0.3, -0.25) is 4.79 Å². The molecule has 1 aliphatic rings. The maximum atomic E-state index is 12.8. The Morgan fingerprint density at radius 1 is 1.11 bits per heavy atom. The lowest BCUT2D eigenvalue weighted by Crippen LogP contribution is -2.29. The van der Waals surface area contributed by atoms with E-state index in [2.05, 4.69) is 5.32 Å². The number of amides is 1. The number of nitrogens with two attached hydrogens (primary N) is 1. The van der Waals surface area contributed by atoms with E-state index in [0.717, 1.165) is 17.7 Å². The number of carbonyl (C=O) groups is 1. The number of sulfonamides is 1. The van der Waals surface area contributed by atoms with Crippen molar-refractivity contribution in [3.63, 3.8) is 0 Å². The molecule has 0 spiro atoms. The van der Waals surface area contributed by atoms with Crippen LogP contribution in [0.4, 0.5) is 13.2 Å². The van der Waals surface area contributed by atoms with Gasteiger partial charge in [0, 0.05) is 17.5 Å². The number of nitrogens with one attached hydrogen (secondary N) is 1. The topological polar surface area (TPSA) is 89.3 Å². The maximum absolute atomic E-state index is 12.8. The van der Waals surface area contributed by atoms with Crippen molar-refractivity contribution in [3.05, 3.63) is 65.2 Å². The van der Waals surface area contributed by atoms with Gasteiger partial charge in [-0.15, -0.1) is 0 Å². The van der Waals surface area contributed by atoms with Crippen LogP contribution in [0.3, 0.4) is 0 Å². The molecule has 0 saturated heterocycles. The second-order valence-electron chi connectivity index (χ2n) is 7.44. The van der Waals surface area contributed by atoms with Crippen LogP contribution < -0.4 is 10.5 Å². The predicted octanol–water partition coefficient (Wildman–Crippen LogP) is 3.27. The van der Waals surface area contributed by atoms with E-state index < -0.39 is 27.7 Å². The fourth-order valence-corrected chi connectivity index (χ4v) is 3.97. The minimum Gasteiger partial charge on any atom is -0.348 e. The molecule has 1 amide bonds. The monoisotopic (exact) mass is 412 g/mol. The van der Waals surface area contributed by atoms with E-state index in [4.69, 9.17) is 5.14 Å². The molecule has 3 N–H and O–H groups in total. The Bertz CT molecular complexity index is 1020. The van der Waals surface area contributed by atoms with Gasteiger partial charge in [0.1, 0.15) is 0 Å². The van der Waals surface area contributed by atoms with Gasteiger partial charge in [-0.05, 0) is 41.3 Å². The van der Waals surface area contributed by atoms with Crippen LogP contribution in [0.1, 0.15) is 41.3 Å². The molecule has 1 aliphatic carbocycles. The molecule has 9 heteroatoms. The Morgan fingerprint density at radius 3 is 2.25 bits per heavy atom. The van der Waals surface area contributed by atoms with Crippen LogP contribution in [-0.4, -0.2) is 20.4 Å². The Labute approximate surface area is 160 Å². The molecule has 2 unspecified atom stereocenters. The number of hydrogen-bond donors (Lipinski definition) is 2. The van der Waals surface area contributed by atoms with Crippen molar-refractivity contribution >= 4 is 15.9 Å². The highest BCUT2D eigenvalue weighted by Gasteiger charge is 2.59. The first-order valence-corrected chi connectivity index (χ1v) is 9.97. The molecule has 0 aliphatic heterocycles. The Kier molecular flexibility index (Phi) is 4.79. The van der Waals surface area contributed by atoms with E-state index in [9.17, 15) is 26.4 Å². The highest BCUT2D eigenvalue weighted by molar-refractivity contribution is 7.89. The van der Waals surface area contributed by atoms with E-state index in [1.54, 1.807) is 12.1 Å². The average molecular weight is 412 g/mol. The minimum absolute atomic E-state index is 0.0146. The van der Waals surface area contributed by atoms with Gasteiger partial charge in [0.15, 0.2) is 0 Å². The molecule has 0 radical (unpaired) electrons. The summed E-state index contributed by atoms with van der Waals surface area (Å²) in [6, 6.07) is 10.00. The molecule has 0 aromatic heterocycles. The van der Waals surface area contributed by atoms with Crippen LogP contribution in [0.2, 0.25) is 0 Å². The number of rotatable bonds is 4. The first kappa shape index (κ1) is 20.3. The first-order valence-electron chi connectivity index (χ1n) is 8.42. The quantitative estimate of drug-likeness (QED) is 0.808. The molecular weight excluding hydrogens is 393 g/mol. The van der Waals surface area contributed by atoms with Gasteiger partial charge in [-0.2, -0.15) is 13.2 Å². The summed E-state index contributed by atoms with van der Waals surface area (Å²) in [7, 11) is -3.80. The fourth-order valence-electron chi connectivity index (χ4n) is 3.46. The summed E-state index contributed by atoms with van der Waals surface area (Å²) in [5, 5.41) is 7.87. The normalized spacial score (nSPS) is 21.2.